The molecule has 5 nitrogen and oxygen atoms in total. The van der Waals surface area contributed by atoms with Crippen LogP contribution in [0.4, 0.5) is 0 Å². The Labute approximate surface area is 120 Å². The highest BCUT2D eigenvalue weighted by atomic mass is 16.5. The zero-order chi connectivity index (χ0) is 14.7. The molecule has 0 amide bonds. The van der Waals surface area contributed by atoms with E-state index in [1.807, 2.05) is 4.68 Å². The maximum absolute atomic E-state index is 11.6. The molecule has 112 valence electrons. The van der Waals surface area contributed by atoms with E-state index in [0.29, 0.717) is 18.4 Å². The van der Waals surface area contributed by atoms with Gasteiger partial charge in [-0.1, -0.05) is 13.8 Å². The van der Waals surface area contributed by atoms with E-state index in [1.54, 1.807) is 0 Å². The number of rotatable bonds is 5. The molecule has 0 bridgehead atoms. The number of carbonyl (C=O) groups is 1. The number of aromatic nitrogens is 2. The number of nitrogens with zero attached hydrogens (tertiary/aromatic N) is 2. The quantitative estimate of drug-likeness (QED) is 0.836. The number of methoxy groups -OCH3 is 1. The van der Waals surface area contributed by atoms with Crippen LogP contribution >= 0.6 is 0 Å². The Balaban J connectivity index is 2.41. The minimum atomic E-state index is -0.244. The van der Waals surface area contributed by atoms with Crippen molar-refractivity contribution in [2.75, 3.05) is 13.7 Å². The Morgan fingerprint density at radius 3 is 2.90 bits per heavy atom. The molecule has 0 spiro atoms. The van der Waals surface area contributed by atoms with Crippen LogP contribution < -0.4 is 5.73 Å². The molecule has 1 aliphatic carbocycles. The predicted octanol–water partition coefficient (Wildman–Crippen LogP) is 1.95. The Bertz CT molecular complexity index is 480. The molecule has 0 aromatic carbocycles. The molecule has 0 saturated heterocycles. The first-order valence-electron chi connectivity index (χ1n) is 7.44. The third-order valence-electron chi connectivity index (χ3n) is 4.07. The standard InChI is InChI=1S/C15H25N3O2/c1-10(2)15-14-11(7-8-16)5-4-6-12(14)18(17-15)9-13(19)20-3/h10-11H,4-9,16H2,1-3H3. The van der Waals surface area contributed by atoms with Crippen molar-refractivity contribution >= 4 is 5.97 Å². The van der Waals surface area contributed by atoms with Crippen LogP contribution in [0.2, 0.25) is 0 Å². The number of esters is 1. The summed E-state index contributed by atoms with van der Waals surface area (Å²) in [7, 11) is 1.42. The van der Waals surface area contributed by atoms with Crippen molar-refractivity contribution in [3.8, 4) is 0 Å². The lowest BCUT2D eigenvalue weighted by Gasteiger charge is -2.24. The molecule has 1 aliphatic rings. The average molecular weight is 279 g/mol. The van der Waals surface area contributed by atoms with Gasteiger partial charge in [-0.15, -0.1) is 0 Å². The van der Waals surface area contributed by atoms with E-state index in [9.17, 15) is 4.79 Å². The Hall–Kier alpha value is -1.36. The molecular weight excluding hydrogens is 254 g/mol. The van der Waals surface area contributed by atoms with Crippen molar-refractivity contribution in [1.82, 2.24) is 9.78 Å². The average Bonchev–Trinajstić information content (AvgIpc) is 2.79. The normalized spacial score (nSPS) is 18.1. The van der Waals surface area contributed by atoms with Crippen LogP contribution in [0.15, 0.2) is 0 Å². The Morgan fingerprint density at radius 2 is 2.30 bits per heavy atom. The molecule has 0 aliphatic heterocycles. The van der Waals surface area contributed by atoms with Crippen LogP contribution in [0.25, 0.3) is 0 Å². The molecule has 0 radical (unpaired) electrons. The van der Waals surface area contributed by atoms with Gasteiger partial charge >= 0.3 is 5.97 Å². The molecule has 20 heavy (non-hydrogen) atoms. The smallest absolute Gasteiger partial charge is 0.327 e. The number of fused-ring (bicyclic) bond motifs is 1. The van der Waals surface area contributed by atoms with Crippen molar-refractivity contribution in [3.05, 3.63) is 17.0 Å². The predicted molar refractivity (Wildman–Crippen MR) is 77.7 cm³/mol. The van der Waals surface area contributed by atoms with Gasteiger partial charge in [0, 0.05) is 5.69 Å². The molecule has 5 heteroatoms. The van der Waals surface area contributed by atoms with Crippen molar-refractivity contribution < 1.29 is 9.53 Å². The molecule has 1 aromatic heterocycles. The fraction of sp³-hybridized carbons (Fsp3) is 0.733. The minimum Gasteiger partial charge on any atom is -0.468 e. The van der Waals surface area contributed by atoms with Crippen LogP contribution in [0, 0.1) is 0 Å². The summed E-state index contributed by atoms with van der Waals surface area (Å²) >= 11 is 0. The minimum absolute atomic E-state index is 0.209. The van der Waals surface area contributed by atoms with Crippen molar-refractivity contribution in [2.24, 2.45) is 5.73 Å². The van der Waals surface area contributed by atoms with Crippen LogP contribution in [-0.4, -0.2) is 29.4 Å². The molecule has 0 fully saturated rings. The maximum atomic E-state index is 11.6. The second-order valence-corrected chi connectivity index (χ2v) is 5.80. The lowest BCUT2D eigenvalue weighted by atomic mass is 9.81. The van der Waals surface area contributed by atoms with E-state index in [-0.39, 0.29) is 12.5 Å². The number of hydrogen-bond donors (Lipinski definition) is 1. The summed E-state index contributed by atoms with van der Waals surface area (Å²) in [5, 5.41) is 4.69. The van der Waals surface area contributed by atoms with E-state index in [0.717, 1.165) is 25.0 Å². The van der Waals surface area contributed by atoms with Crippen molar-refractivity contribution in [1.29, 1.82) is 0 Å². The Morgan fingerprint density at radius 1 is 1.55 bits per heavy atom. The molecule has 2 rings (SSSR count). The maximum Gasteiger partial charge on any atom is 0.327 e. The second kappa shape index (κ2) is 6.39. The summed E-state index contributed by atoms with van der Waals surface area (Å²) in [5.41, 5.74) is 9.44. The van der Waals surface area contributed by atoms with Gasteiger partial charge in [-0.3, -0.25) is 9.48 Å². The van der Waals surface area contributed by atoms with Crippen LogP contribution in [0.1, 0.15) is 61.9 Å². The van der Waals surface area contributed by atoms with Crippen LogP contribution in [0.5, 0.6) is 0 Å². The van der Waals surface area contributed by atoms with E-state index in [4.69, 9.17) is 10.5 Å². The van der Waals surface area contributed by atoms with Gasteiger partial charge < -0.3 is 10.5 Å². The van der Waals surface area contributed by atoms with Crippen LogP contribution in [-0.2, 0) is 22.5 Å². The SMILES string of the molecule is COC(=O)Cn1nc(C(C)C)c2c1CCCC2CCN. The van der Waals surface area contributed by atoms with Crippen LogP contribution in [0.3, 0.4) is 0 Å². The number of nitrogens with two attached hydrogens (primary N) is 1. The molecular formula is C15H25N3O2. The monoisotopic (exact) mass is 279 g/mol. The van der Waals surface area contributed by atoms with Crippen molar-refractivity contribution in [2.45, 2.75) is 57.9 Å². The first-order valence-corrected chi connectivity index (χ1v) is 7.44. The fourth-order valence-electron chi connectivity index (χ4n) is 3.13. The first kappa shape index (κ1) is 15.0. The Kier molecular flexibility index (Phi) is 4.81. The zero-order valence-electron chi connectivity index (χ0n) is 12.7. The van der Waals surface area contributed by atoms with Gasteiger partial charge in [0.1, 0.15) is 6.54 Å². The largest absolute Gasteiger partial charge is 0.468 e. The molecule has 1 heterocycles. The highest BCUT2D eigenvalue weighted by Crippen LogP contribution is 2.38. The van der Waals surface area contributed by atoms with Gasteiger partial charge in [0.2, 0.25) is 0 Å². The molecule has 1 unspecified atom stereocenters. The van der Waals surface area contributed by atoms with Gasteiger partial charge in [-0.05, 0) is 49.6 Å². The topological polar surface area (TPSA) is 70.1 Å². The van der Waals surface area contributed by atoms with Gasteiger partial charge in [-0.2, -0.15) is 5.10 Å². The third-order valence-corrected chi connectivity index (χ3v) is 4.07. The lowest BCUT2D eigenvalue weighted by Crippen LogP contribution is -2.19. The molecule has 0 saturated carbocycles. The zero-order valence-corrected chi connectivity index (χ0v) is 12.7. The number of hydrogen-bond acceptors (Lipinski definition) is 4. The summed E-state index contributed by atoms with van der Waals surface area (Å²) in [4.78, 5) is 11.6. The van der Waals surface area contributed by atoms with E-state index in [1.165, 1.54) is 24.8 Å². The fourth-order valence-corrected chi connectivity index (χ4v) is 3.13. The van der Waals surface area contributed by atoms with Crippen molar-refractivity contribution in [3.63, 3.8) is 0 Å². The second-order valence-electron chi connectivity index (χ2n) is 5.80. The van der Waals surface area contributed by atoms with Gasteiger partial charge in [0.15, 0.2) is 0 Å². The molecule has 2 N–H and O–H groups in total. The summed E-state index contributed by atoms with van der Waals surface area (Å²) in [5.74, 6) is 0.611. The number of carbonyl (C=O) groups excluding carboxylic acids is 1. The molecule has 1 aromatic rings. The summed E-state index contributed by atoms with van der Waals surface area (Å²) in [6.07, 6.45) is 4.31. The van der Waals surface area contributed by atoms with E-state index >= 15 is 0 Å². The van der Waals surface area contributed by atoms with E-state index in [2.05, 4.69) is 18.9 Å². The summed E-state index contributed by atoms with van der Waals surface area (Å²) < 4.78 is 6.62. The lowest BCUT2D eigenvalue weighted by molar-refractivity contribution is -0.141. The first-order chi connectivity index (χ1) is 9.58. The summed E-state index contributed by atoms with van der Waals surface area (Å²) in [6, 6.07) is 0. The third kappa shape index (κ3) is 2.87. The van der Waals surface area contributed by atoms with Gasteiger partial charge in [0.05, 0.1) is 12.8 Å². The van der Waals surface area contributed by atoms with Gasteiger partial charge in [0.25, 0.3) is 0 Å². The van der Waals surface area contributed by atoms with E-state index < -0.39 is 0 Å². The highest BCUT2D eigenvalue weighted by Gasteiger charge is 2.29. The summed E-state index contributed by atoms with van der Waals surface area (Å²) in [6.45, 7) is 5.21. The van der Waals surface area contributed by atoms with Gasteiger partial charge in [-0.25, -0.2) is 0 Å². The highest BCUT2D eigenvalue weighted by molar-refractivity contribution is 5.69. The number of ether oxygens (including phenoxy) is 1. The molecule has 1 atom stereocenters.